The maximum atomic E-state index is 11.6. The summed E-state index contributed by atoms with van der Waals surface area (Å²) < 4.78 is 5.24. The molecule has 3 heteroatoms. The molecule has 0 aliphatic heterocycles. The van der Waals surface area contributed by atoms with Crippen LogP contribution in [0.2, 0.25) is 0 Å². The molecule has 0 saturated carbocycles. The van der Waals surface area contributed by atoms with Crippen molar-refractivity contribution in [3.05, 3.63) is 23.5 Å². The summed E-state index contributed by atoms with van der Waals surface area (Å²) in [4.78, 5) is 11.6. The fourth-order valence-electron chi connectivity index (χ4n) is 1.15. The molecular weight excluding hydrogens is 192 g/mol. The van der Waals surface area contributed by atoms with Crippen molar-refractivity contribution < 1.29 is 14.6 Å². The summed E-state index contributed by atoms with van der Waals surface area (Å²) in [6.45, 7) is 5.56. The number of rotatable bonds is 2. The molecule has 15 heavy (non-hydrogen) atoms. The van der Waals surface area contributed by atoms with Crippen molar-refractivity contribution in [3.8, 4) is 0 Å². The van der Waals surface area contributed by atoms with Crippen LogP contribution in [0.25, 0.3) is 0 Å². The fraction of sp³-hybridized carbons (Fsp3) is 0.583. The molecule has 0 bridgehead atoms. The Hall–Kier alpha value is -1.09. The number of allylic oxidation sites excluding steroid dienone is 3. The van der Waals surface area contributed by atoms with E-state index in [1.165, 1.54) is 0 Å². The smallest absolute Gasteiger partial charge is 0.316 e. The van der Waals surface area contributed by atoms with Gasteiger partial charge in [0.05, 0.1) is 12.0 Å². The van der Waals surface area contributed by atoms with Gasteiger partial charge >= 0.3 is 5.97 Å². The van der Waals surface area contributed by atoms with Gasteiger partial charge in [-0.1, -0.05) is 6.08 Å². The summed E-state index contributed by atoms with van der Waals surface area (Å²) in [5.74, 6) is 0.474. The lowest BCUT2D eigenvalue weighted by Crippen LogP contribution is -2.23. The number of esters is 1. The summed E-state index contributed by atoms with van der Waals surface area (Å²) in [5, 5.41) is 8.88. The Kier molecular flexibility index (Phi) is 3.69. The van der Waals surface area contributed by atoms with Crippen LogP contribution in [0.3, 0.4) is 0 Å². The first-order chi connectivity index (χ1) is 6.93. The molecule has 0 radical (unpaired) electrons. The van der Waals surface area contributed by atoms with Gasteiger partial charge in [-0.05, 0) is 38.8 Å². The first kappa shape index (κ1) is 12.0. The Morgan fingerprint density at radius 3 is 2.47 bits per heavy atom. The number of hydrogen-bond donors (Lipinski definition) is 1. The van der Waals surface area contributed by atoms with E-state index in [9.17, 15) is 4.79 Å². The number of carbonyl (C=O) groups excluding carboxylic acids is 1. The highest BCUT2D eigenvalue weighted by Gasteiger charge is 2.24. The molecule has 0 heterocycles. The highest BCUT2D eigenvalue weighted by molar-refractivity contribution is 5.76. The maximum Gasteiger partial charge on any atom is 0.316 e. The molecule has 0 amide bonds. The van der Waals surface area contributed by atoms with Gasteiger partial charge in [-0.2, -0.15) is 0 Å². The summed E-state index contributed by atoms with van der Waals surface area (Å²) in [5.41, 5.74) is 0.507. The summed E-state index contributed by atoms with van der Waals surface area (Å²) in [7, 11) is 0. The van der Waals surface area contributed by atoms with E-state index in [0.29, 0.717) is 12.2 Å². The van der Waals surface area contributed by atoms with Crippen LogP contribution in [0.5, 0.6) is 0 Å². The second kappa shape index (κ2) is 4.62. The van der Waals surface area contributed by atoms with Crippen LogP contribution >= 0.6 is 0 Å². The average molecular weight is 210 g/mol. The van der Waals surface area contributed by atoms with Crippen LogP contribution in [0.15, 0.2) is 23.5 Å². The minimum Gasteiger partial charge on any atom is -0.431 e. The summed E-state index contributed by atoms with van der Waals surface area (Å²) >= 11 is 0. The average Bonchev–Trinajstić information content (AvgIpc) is 2.17. The fourth-order valence-corrected chi connectivity index (χ4v) is 1.15. The zero-order chi connectivity index (χ0) is 11.5. The molecule has 0 aromatic heterocycles. The normalized spacial score (nSPS) is 16.8. The Bertz CT molecular complexity index is 305. The third-order valence-corrected chi connectivity index (χ3v) is 2.24. The molecule has 0 spiro atoms. The Labute approximate surface area is 90.4 Å². The molecule has 1 aliphatic rings. The number of carbonyl (C=O) groups is 1. The molecule has 1 N–H and O–H groups in total. The molecule has 1 rings (SSSR count). The lowest BCUT2D eigenvalue weighted by molar-refractivity contribution is -0.148. The van der Waals surface area contributed by atoms with Gasteiger partial charge in [-0.3, -0.25) is 4.79 Å². The van der Waals surface area contributed by atoms with Gasteiger partial charge in [0.2, 0.25) is 0 Å². The van der Waals surface area contributed by atoms with Crippen LogP contribution in [0, 0.1) is 5.41 Å². The minimum absolute atomic E-state index is 0.0804. The quantitative estimate of drug-likeness (QED) is 0.710. The zero-order valence-corrected chi connectivity index (χ0v) is 9.54. The largest absolute Gasteiger partial charge is 0.431 e. The molecule has 1 aliphatic carbocycles. The van der Waals surface area contributed by atoms with Crippen molar-refractivity contribution in [1.82, 2.24) is 0 Å². The van der Waals surface area contributed by atoms with E-state index >= 15 is 0 Å². The first-order valence-corrected chi connectivity index (χ1v) is 5.15. The van der Waals surface area contributed by atoms with Crippen LogP contribution in [-0.4, -0.2) is 17.7 Å². The second-order valence-electron chi connectivity index (χ2n) is 4.76. The zero-order valence-electron chi connectivity index (χ0n) is 9.54. The van der Waals surface area contributed by atoms with E-state index in [4.69, 9.17) is 9.84 Å². The molecule has 0 saturated heterocycles. The van der Waals surface area contributed by atoms with Crippen molar-refractivity contribution in [3.63, 3.8) is 0 Å². The number of hydrogen-bond acceptors (Lipinski definition) is 3. The van der Waals surface area contributed by atoms with E-state index in [1.54, 1.807) is 6.08 Å². The minimum atomic E-state index is -0.470. The van der Waals surface area contributed by atoms with Gasteiger partial charge in [0.15, 0.2) is 0 Å². The third kappa shape index (κ3) is 3.51. The number of aliphatic hydroxyl groups is 1. The van der Waals surface area contributed by atoms with E-state index in [2.05, 4.69) is 0 Å². The predicted octanol–water partition coefficient (Wildman–Crippen LogP) is 2.17. The van der Waals surface area contributed by atoms with Crippen LogP contribution in [-0.2, 0) is 9.53 Å². The van der Waals surface area contributed by atoms with Crippen molar-refractivity contribution >= 4 is 5.97 Å². The standard InChI is InChI=1S/C12H18O3/c1-12(2,3)11(14)15-10-6-4-9(8-13)5-7-10/h4,6,13H,5,7-8H2,1-3H3. The predicted molar refractivity (Wildman–Crippen MR) is 58.0 cm³/mol. The van der Waals surface area contributed by atoms with Gasteiger partial charge < -0.3 is 9.84 Å². The van der Waals surface area contributed by atoms with E-state index in [0.717, 1.165) is 12.0 Å². The molecule has 0 atom stereocenters. The van der Waals surface area contributed by atoms with Gasteiger partial charge in [0, 0.05) is 6.42 Å². The number of ether oxygens (including phenoxy) is 1. The third-order valence-electron chi connectivity index (χ3n) is 2.24. The molecule has 84 valence electrons. The lowest BCUT2D eigenvalue weighted by atomic mass is 9.97. The topological polar surface area (TPSA) is 46.5 Å². The van der Waals surface area contributed by atoms with Gasteiger partial charge in [-0.25, -0.2) is 0 Å². The van der Waals surface area contributed by atoms with E-state index < -0.39 is 5.41 Å². The lowest BCUT2D eigenvalue weighted by Gasteiger charge is -2.19. The van der Waals surface area contributed by atoms with Crippen molar-refractivity contribution in [1.29, 1.82) is 0 Å². The van der Waals surface area contributed by atoms with Gasteiger partial charge in [-0.15, -0.1) is 0 Å². The van der Waals surface area contributed by atoms with E-state index in [1.807, 2.05) is 26.8 Å². The SMILES string of the molecule is CC(C)(C)C(=O)OC1=CC=C(CO)CC1. The van der Waals surface area contributed by atoms with Crippen molar-refractivity contribution in [2.45, 2.75) is 33.6 Å². The second-order valence-corrected chi connectivity index (χ2v) is 4.76. The highest BCUT2D eigenvalue weighted by Crippen LogP contribution is 2.23. The molecular formula is C12H18O3. The Morgan fingerprint density at radius 2 is 2.07 bits per heavy atom. The van der Waals surface area contributed by atoms with E-state index in [-0.39, 0.29) is 12.6 Å². The Morgan fingerprint density at radius 1 is 1.40 bits per heavy atom. The highest BCUT2D eigenvalue weighted by atomic mass is 16.5. The molecule has 3 nitrogen and oxygen atoms in total. The van der Waals surface area contributed by atoms with Crippen LogP contribution in [0.1, 0.15) is 33.6 Å². The Balaban J connectivity index is 2.58. The van der Waals surface area contributed by atoms with Gasteiger partial charge in [0.1, 0.15) is 5.76 Å². The summed E-state index contributed by atoms with van der Waals surface area (Å²) in [6.07, 6.45) is 5.03. The molecule has 0 unspecified atom stereocenters. The van der Waals surface area contributed by atoms with Gasteiger partial charge in [0.25, 0.3) is 0 Å². The molecule has 0 aromatic rings. The maximum absolute atomic E-state index is 11.6. The molecule has 0 fully saturated rings. The van der Waals surface area contributed by atoms with Crippen molar-refractivity contribution in [2.75, 3.05) is 6.61 Å². The van der Waals surface area contributed by atoms with Crippen LogP contribution in [0.4, 0.5) is 0 Å². The monoisotopic (exact) mass is 210 g/mol. The number of aliphatic hydroxyl groups excluding tert-OH is 1. The van der Waals surface area contributed by atoms with Crippen LogP contribution < -0.4 is 0 Å². The first-order valence-electron chi connectivity index (χ1n) is 5.15. The molecule has 0 aromatic carbocycles. The van der Waals surface area contributed by atoms with Crippen molar-refractivity contribution in [2.24, 2.45) is 5.41 Å². The summed E-state index contributed by atoms with van der Waals surface area (Å²) in [6, 6.07) is 0.